The second-order valence-corrected chi connectivity index (χ2v) is 4.42. The van der Waals surface area contributed by atoms with Gasteiger partial charge >= 0.3 is 0 Å². The van der Waals surface area contributed by atoms with E-state index in [1.165, 1.54) is 0 Å². The first-order valence-corrected chi connectivity index (χ1v) is 6.43. The normalized spacial score (nSPS) is 12.5. The van der Waals surface area contributed by atoms with Crippen LogP contribution in [0.4, 0.5) is 11.6 Å². The zero-order valence-corrected chi connectivity index (χ0v) is 12.0. The molecule has 1 aromatic rings. The van der Waals surface area contributed by atoms with E-state index >= 15 is 0 Å². The highest BCUT2D eigenvalue weighted by Gasteiger charge is 2.18. The van der Waals surface area contributed by atoms with Gasteiger partial charge in [0.25, 0.3) is 0 Å². The Labute approximate surface area is 109 Å². The molecular weight excluding hydrogens is 228 g/mol. The summed E-state index contributed by atoms with van der Waals surface area (Å²) in [6.07, 6.45) is 0.785. The third-order valence-corrected chi connectivity index (χ3v) is 3.07. The molecule has 0 fully saturated rings. The molecule has 5 heteroatoms. The van der Waals surface area contributed by atoms with Crippen molar-refractivity contribution in [2.75, 3.05) is 30.9 Å². The maximum atomic E-state index is 5.95. The summed E-state index contributed by atoms with van der Waals surface area (Å²) in [6.45, 7) is 9.75. The van der Waals surface area contributed by atoms with Crippen LogP contribution in [0.5, 0.6) is 0 Å². The van der Waals surface area contributed by atoms with Gasteiger partial charge in [0, 0.05) is 25.6 Å². The van der Waals surface area contributed by atoms with Crippen LogP contribution in [0.3, 0.4) is 0 Å². The van der Waals surface area contributed by atoms with Gasteiger partial charge in [-0.05, 0) is 20.8 Å². The lowest BCUT2D eigenvalue weighted by atomic mass is 10.2. The van der Waals surface area contributed by atoms with Gasteiger partial charge in [-0.2, -0.15) is 0 Å². The number of hydrogen-bond donors (Lipinski definition) is 1. The molecular formula is C13H24N4O. The minimum atomic E-state index is 0.262. The Hall–Kier alpha value is -1.36. The molecule has 0 saturated carbocycles. The van der Waals surface area contributed by atoms with Crippen molar-refractivity contribution >= 4 is 11.6 Å². The molecule has 0 saturated heterocycles. The second kappa shape index (κ2) is 6.54. The zero-order chi connectivity index (χ0) is 13.7. The number of rotatable bonds is 6. The van der Waals surface area contributed by atoms with Crippen molar-refractivity contribution in [2.24, 2.45) is 0 Å². The minimum absolute atomic E-state index is 0.262. The summed E-state index contributed by atoms with van der Waals surface area (Å²) < 4.78 is 5.22. The maximum Gasteiger partial charge on any atom is 0.137 e. The molecule has 1 aromatic heterocycles. The molecule has 0 aromatic carbocycles. The van der Waals surface area contributed by atoms with Crippen molar-refractivity contribution in [3.8, 4) is 0 Å². The fourth-order valence-electron chi connectivity index (χ4n) is 2.01. The van der Waals surface area contributed by atoms with Gasteiger partial charge in [0.05, 0.1) is 12.6 Å². The van der Waals surface area contributed by atoms with Gasteiger partial charge in [0.15, 0.2) is 0 Å². The highest BCUT2D eigenvalue weighted by Crippen LogP contribution is 2.23. The maximum absolute atomic E-state index is 5.95. The predicted octanol–water partition coefficient (Wildman–Crippen LogP) is 1.79. The monoisotopic (exact) mass is 252 g/mol. The van der Waals surface area contributed by atoms with Crippen LogP contribution in [0.25, 0.3) is 0 Å². The van der Waals surface area contributed by atoms with Gasteiger partial charge in [-0.1, -0.05) is 6.92 Å². The number of nitrogen functional groups attached to an aromatic ring is 1. The van der Waals surface area contributed by atoms with E-state index in [0.29, 0.717) is 12.4 Å². The van der Waals surface area contributed by atoms with E-state index in [2.05, 4.69) is 28.7 Å². The van der Waals surface area contributed by atoms with Crippen LogP contribution in [0, 0.1) is 6.92 Å². The minimum Gasteiger partial charge on any atom is -0.383 e. The fourth-order valence-corrected chi connectivity index (χ4v) is 2.01. The molecule has 0 aliphatic heterocycles. The third kappa shape index (κ3) is 3.10. The van der Waals surface area contributed by atoms with Crippen LogP contribution in [-0.2, 0) is 11.2 Å². The number of anilines is 2. The Morgan fingerprint density at radius 3 is 2.50 bits per heavy atom. The van der Waals surface area contributed by atoms with Crippen molar-refractivity contribution in [1.29, 1.82) is 0 Å². The van der Waals surface area contributed by atoms with Crippen molar-refractivity contribution < 1.29 is 4.74 Å². The second-order valence-electron chi connectivity index (χ2n) is 4.42. The molecule has 0 aliphatic rings. The summed E-state index contributed by atoms with van der Waals surface area (Å²) in [5, 5.41) is 0. The SMILES string of the molecule is CCc1nc(N)c(C)c(N(CC)C(C)COC)n1. The number of aromatic nitrogens is 2. The van der Waals surface area contributed by atoms with Gasteiger partial charge in [-0.15, -0.1) is 0 Å². The van der Waals surface area contributed by atoms with Crippen LogP contribution >= 0.6 is 0 Å². The molecule has 1 atom stereocenters. The van der Waals surface area contributed by atoms with Gasteiger partial charge in [-0.3, -0.25) is 0 Å². The van der Waals surface area contributed by atoms with E-state index in [9.17, 15) is 0 Å². The van der Waals surface area contributed by atoms with E-state index in [0.717, 1.165) is 30.2 Å². The van der Waals surface area contributed by atoms with E-state index < -0.39 is 0 Å². The molecule has 1 heterocycles. The molecule has 0 bridgehead atoms. The molecule has 1 unspecified atom stereocenters. The van der Waals surface area contributed by atoms with Gasteiger partial charge in [0.1, 0.15) is 17.5 Å². The number of methoxy groups -OCH3 is 1. The quantitative estimate of drug-likeness (QED) is 0.836. The van der Waals surface area contributed by atoms with E-state index in [4.69, 9.17) is 10.5 Å². The van der Waals surface area contributed by atoms with E-state index in [-0.39, 0.29) is 6.04 Å². The van der Waals surface area contributed by atoms with Crippen LogP contribution in [0.2, 0.25) is 0 Å². The van der Waals surface area contributed by atoms with Gasteiger partial charge in [-0.25, -0.2) is 9.97 Å². The van der Waals surface area contributed by atoms with Crippen molar-refractivity contribution in [2.45, 2.75) is 40.2 Å². The number of nitrogens with zero attached hydrogens (tertiary/aromatic N) is 3. The molecule has 0 spiro atoms. The topological polar surface area (TPSA) is 64.3 Å². The Morgan fingerprint density at radius 2 is 2.00 bits per heavy atom. The Balaban J connectivity index is 3.15. The highest BCUT2D eigenvalue weighted by molar-refractivity contribution is 5.57. The summed E-state index contributed by atoms with van der Waals surface area (Å²) in [5.74, 6) is 2.28. The standard InChI is InChI=1S/C13H24N4O/c1-6-11-15-12(14)10(4)13(16-11)17(7-2)9(3)8-18-5/h9H,6-8H2,1-5H3,(H2,14,15,16). The number of hydrogen-bond acceptors (Lipinski definition) is 5. The lowest BCUT2D eigenvalue weighted by Gasteiger charge is -2.30. The van der Waals surface area contributed by atoms with Crippen LogP contribution < -0.4 is 10.6 Å². The van der Waals surface area contributed by atoms with E-state index in [1.807, 2.05) is 13.8 Å². The van der Waals surface area contributed by atoms with Crippen molar-refractivity contribution in [1.82, 2.24) is 9.97 Å². The molecule has 2 N–H and O–H groups in total. The van der Waals surface area contributed by atoms with Crippen LogP contribution in [0.15, 0.2) is 0 Å². The Morgan fingerprint density at radius 1 is 1.33 bits per heavy atom. The summed E-state index contributed by atoms with van der Waals surface area (Å²) in [4.78, 5) is 11.1. The van der Waals surface area contributed by atoms with Crippen LogP contribution in [0.1, 0.15) is 32.2 Å². The summed E-state index contributed by atoms with van der Waals surface area (Å²) in [6, 6.07) is 0.262. The highest BCUT2D eigenvalue weighted by atomic mass is 16.5. The van der Waals surface area contributed by atoms with Crippen molar-refractivity contribution in [3.05, 3.63) is 11.4 Å². The first-order valence-electron chi connectivity index (χ1n) is 6.43. The van der Waals surface area contributed by atoms with Gasteiger partial charge < -0.3 is 15.4 Å². The molecule has 18 heavy (non-hydrogen) atoms. The zero-order valence-electron chi connectivity index (χ0n) is 12.0. The lowest BCUT2D eigenvalue weighted by Crippen LogP contribution is -2.37. The molecule has 1 rings (SSSR count). The van der Waals surface area contributed by atoms with Crippen molar-refractivity contribution in [3.63, 3.8) is 0 Å². The van der Waals surface area contributed by atoms with E-state index in [1.54, 1.807) is 7.11 Å². The molecule has 0 amide bonds. The van der Waals surface area contributed by atoms with Crippen LogP contribution in [-0.4, -0.2) is 36.3 Å². The molecule has 0 radical (unpaired) electrons. The first kappa shape index (κ1) is 14.7. The lowest BCUT2D eigenvalue weighted by molar-refractivity contribution is 0.181. The third-order valence-electron chi connectivity index (χ3n) is 3.07. The number of ether oxygens (including phenoxy) is 1. The summed E-state index contributed by atoms with van der Waals surface area (Å²) in [5.41, 5.74) is 6.90. The average molecular weight is 252 g/mol. The molecule has 5 nitrogen and oxygen atoms in total. The smallest absolute Gasteiger partial charge is 0.137 e. The fraction of sp³-hybridized carbons (Fsp3) is 0.692. The summed E-state index contributed by atoms with van der Waals surface area (Å²) in [7, 11) is 1.71. The number of aryl methyl sites for hydroxylation is 1. The average Bonchev–Trinajstić information content (AvgIpc) is 2.35. The first-order chi connectivity index (χ1) is 8.54. The molecule has 102 valence electrons. The Bertz CT molecular complexity index is 395. The summed E-state index contributed by atoms with van der Waals surface area (Å²) >= 11 is 0. The van der Waals surface area contributed by atoms with Gasteiger partial charge in [0.2, 0.25) is 0 Å². The number of likely N-dealkylation sites (N-methyl/N-ethyl adjacent to an activating group) is 1. The Kier molecular flexibility index (Phi) is 5.34. The molecule has 0 aliphatic carbocycles. The number of nitrogens with two attached hydrogens (primary N) is 1. The predicted molar refractivity (Wildman–Crippen MR) is 74.9 cm³/mol. The largest absolute Gasteiger partial charge is 0.383 e.